The molecule has 2 fully saturated rings. The minimum Gasteiger partial charge on any atom is -0.477 e. The maximum absolute atomic E-state index is 12.9. The van der Waals surface area contributed by atoms with Crippen molar-refractivity contribution in [2.24, 2.45) is 5.92 Å². The van der Waals surface area contributed by atoms with Crippen molar-refractivity contribution in [1.82, 2.24) is 4.90 Å². The number of nitrogens with zero attached hydrogens (tertiary/aromatic N) is 1. The number of likely N-dealkylation sites (N-methyl/N-ethyl adjacent to an activating group) is 1. The smallest absolute Gasteiger partial charge is 0.379 e. The number of carbonyl (C=O) groups excluding carboxylic acids is 2. The third-order valence-corrected chi connectivity index (χ3v) is 7.30. The second-order valence-corrected chi connectivity index (χ2v) is 8.45. The summed E-state index contributed by atoms with van der Waals surface area (Å²) in [5.74, 6) is 1.13. The number of carbonyl (C=O) groups is 2. The first-order valence-corrected chi connectivity index (χ1v) is 9.91. The average molecular weight is 379 g/mol. The molecule has 1 aromatic carbocycles. The second-order valence-electron chi connectivity index (χ2n) is 8.45. The summed E-state index contributed by atoms with van der Waals surface area (Å²) >= 11 is 0. The van der Waals surface area contributed by atoms with Crippen LogP contribution in [0.15, 0.2) is 34.9 Å². The first kappa shape index (κ1) is 16.4. The van der Waals surface area contributed by atoms with Crippen LogP contribution >= 0.6 is 0 Å². The summed E-state index contributed by atoms with van der Waals surface area (Å²) in [6.45, 7) is 0.948. The Morgan fingerprint density at radius 1 is 1.32 bits per heavy atom. The molecule has 2 aliphatic carbocycles. The van der Waals surface area contributed by atoms with Gasteiger partial charge >= 0.3 is 5.97 Å². The van der Waals surface area contributed by atoms with E-state index in [4.69, 9.17) is 13.9 Å². The van der Waals surface area contributed by atoms with E-state index in [-0.39, 0.29) is 17.0 Å². The fourth-order valence-corrected chi connectivity index (χ4v) is 6.14. The predicted octanol–water partition coefficient (Wildman–Crippen LogP) is 2.74. The molecule has 6 nitrogen and oxygen atoms in total. The molecule has 4 atom stereocenters. The van der Waals surface area contributed by atoms with Gasteiger partial charge in [-0.1, -0.05) is 6.07 Å². The van der Waals surface area contributed by atoms with Crippen molar-refractivity contribution in [3.63, 3.8) is 0 Å². The highest BCUT2D eigenvalue weighted by Crippen LogP contribution is 2.63. The Balaban J connectivity index is 1.50. The molecule has 1 spiro atoms. The van der Waals surface area contributed by atoms with Crippen LogP contribution < -0.4 is 9.47 Å². The van der Waals surface area contributed by atoms with Crippen LogP contribution in [0.5, 0.6) is 11.5 Å². The van der Waals surface area contributed by atoms with Crippen LogP contribution in [0.4, 0.5) is 0 Å². The summed E-state index contributed by atoms with van der Waals surface area (Å²) in [6, 6.07) is 7.49. The van der Waals surface area contributed by atoms with E-state index in [0.717, 1.165) is 31.4 Å². The van der Waals surface area contributed by atoms with Crippen LogP contribution in [0, 0.1) is 5.92 Å². The first-order chi connectivity index (χ1) is 13.6. The molecule has 6 rings (SSSR count). The van der Waals surface area contributed by atoms with E-state index in [1.54, 1.807) is 18.2 Å². The van der Waals surface area contributed by atoms with E-state index in [1.165, 1.54) is 11.8 Å². The second kappa shape index (κ2) is 5.47. The van der Waals surface area contributed by atoms with Crippen LogP contribution in [0.3, 0.4) is 0 Å². The van der Waals surface area contributed by atoms with E-state index in [1.807, 2.05) is 6.07 Å². The molecule has 2 aliphatic heterocycles. The Morgan fingerprint density at radius 2 is 2.21 bits per heavy atom. The summed E-state index contributed by atoms with van der Waals surface area (Å²) in [5, 5.41) is 0. The lowest BCUT2D eigenvalue weighted by Gasteiger charge is -2.57. The zero-order chi connectivity index (χ0) is 19.0. The van der Waals surface area contributed by atoms with Gasteiger partial charge in [0.1, 0.15) is 0 Å². The molecule has 28 heavy (non-hydrogen) atoms. The minimum absolute atomic E-state index is 0.145. The molecule has 1 aromatic heterocycles. The molecule has 1 unspecified atom stereocenters. The molecule has 2 aromatic rings. The van der Waals surface area contributed by atoms with Gasteiger partial charge in [0.15, 0.2) is 23.4 Å². The normalized spacial score (nSPS) is 32.6. The molecule has 0 radical (unpaired) electrons. The zero-order valence-corrected chi connectivity index (χ0v) is 15.6. The monoisotopic (exact) mass is 379 g/mol. The molecule has 6 heteroatoms. The molecular weight excluding hydrogens is 358 g/mol. The predicted molar refractivity (Wildman–Crippen MR) is 98.7 cm³/mol. The van der Waals surface area contributed by atoms with Crippen molar-refractivity contribution in [2.75, 3.05) is 13.6 Å². The van der Waals surface area contributed by atoms with Crippen molar-refractivity contribution < 1.29 is 23.5 Å². The Bertz CT molecular complexity index is 997. The molecular formula is C22H21NO5. The van der Waals surface area contributed by atoms with Crippen molar-refractivity contribution in [2.45, 2.75) is 43.2 Å². The van der Waals surface area contributed by atoms with Crippen LogP contribution in [0.2, 0.25) is 0 Å². The fraction of sp³-hybridized carbons (Fsp3) is 0.455. The summed E-state index contributed by atoms with van der Waals surface area (Å²) in [7, 11) is 2.18. The quantitative estimate of drug-likeness (QED) is 0.590. The highest BCUT2D eigenvalue weighted by Gasteiger charge is 2.65. The number of rotatable bonds is 2. The van der Waals surface area contributed by atoms with Gasteiger partial charge in [0.2, 0.25) is 5.76 Å². The number of benzene rings is 1. The highest BCUT2D eigenvalue weighted by molar-refractivity contribution is 5.91. The molecule has 0 amide bonds. The van der Waals surface area contributed by atoms with Gasteiger partial charge < -0.3 is 18.8 Å². The third-order valence-electron chi connectivity index (χ3n) is 7.30. The summed E-state index contributed by atoms with van der Waals surface area (Å²) in [6.07, 6.45) is 4.29. The van der Waals surface area contributed by atoms with E-state index in [9.17, 15) is 9.59 Å². The Kier molecular flexibility index (Phi) is 3.20. The van der Waals surface area contributed by atoms with E-state index >= 15 is 0 Å². The van der Waals surface area contributed by atoms with Gasteiger partial charge in [-0.2, -0.15) is 0 Å². The van der Waals surface area contributed by atoms with Gasteiger partial charge in [-0.15, -0.1) is 0 Å². The van der Waals surface area contributed by atoms with Crippen molar-refractivity contribution in [1.29, 1.82) is 0 Å². The number of hydrogen-bond donors (Lipinski definition) is 0. The zero-order valence-electron chi connectivity index (χ0n) is 15.6. The van der Waals surface area contributed by atoms with Crippen molar-refractivity contribution in [3.8, 4) is 11.5 Å². The van der Waals surface area contributed by atoms with Crippen molar-refractivity contribution >= 4 is 11.8 Å². The van der Waals surface area contributed by atoms with Gasteiger partial charge in [0.25, 0.3) is 0 Å². The standard InChI is InChI=1S/C22H21NO5/c1-23-9-8-22-13-5-6-15(24)20(22)28-19-16(27-21(25)17-3-2-10-26-17)7-4-12(18(19)22)11-14(13)23/h2-4,7,10,13-14,20H,5-6,8-9,11H2,1H3/t13?,14-,20+,22+/m1/s1. The van der Waals surface area contributed by atoms with Gasteiger partial charge in [0, 0.05) is 23.4 Å². The molecule has 3 heterocycles. The van der Waals surface area contributed by atoms with Crippen molar-refractivity contribution in [3.05, 3.63) is 47.4 Å². The number of ketones is 1. The van der Waals surface area contributed by atoms with E-state index in [0.29, 0.717) is 29.9 Å². The lowest BCUT2D eigenvalue weighted by Crippen LogP contribution is -2.65. The average Bonchev–Trinajstić information content (AvgIpc) is 3.33. The number of furan rings is 1. The first-order valence-electron chi connectivity index (χ1n) is 9.91. The molecule has 1 saturated heterocycles. The van der Waals surface area contributed by atoms with Crippen LogP contribution in [-0.4, -0.2) is 42.4 Å². The highest BCUT2D eigenvalue weighted by atomic mass is 16.6. The number of ether oxygens (including phenoxy) is 2. The lowest BCUT2D eigenvalue weighted by atomic mass is 9.52. The number of piperidine rings is 1. The lowest BCUT2D eigenvalue weighted by molar-refractivity contribution is -0.138. The SMILES string of the molecule is CN1CC[C@]23c4c5ccc(OC(=O)c6ccco6)c4O[C@H]2C(=O)CCC3[C@H]1C5. The maximum atomic E-state index is 12.9. The number of esters is 1. The summed E-state index contributed by atoms with van der Waals surface area (Å²) < 4.78 is 17.1. The van der Waals surface area contributed by atoms with Crippen LogP contribution in [-0.2, 0) is 16.6 Å². The largest absolute Gasteiger partial charge is 0.477 e. The Hall–Kier alpha value is -2.60. The van der Waals surface area contributed by atoms with Gasteiger partial charge in [-0.3, -0.25) is 4.79 Å². The Labute approximate surface area is 162 Å². The molecule has 1 saturated carbocycles. The minimum atomic E-state index is -0.558. The topological polar surface area (TPSA) is 69.0 Å². The number of hydrogen-bond acceptors (Lipinski definition) is 6. The molecule has 2 bridgehead atoms. The van der Waals surface area contributed by atoms with Crippen LogP contribution in [0.1, 0.15) is 40.9 Å². The fourth-order valence-electron chi connectivity index (χ4n) is 6.14. The van der Waals surface area contributed by atoms with Gasteiger partial charge in [-0.25, -0.2) is 4.79 Å². The van der Waals surface area contributed by atoms with Crippen LogP contribution in [0.25, 0.3) is 0 Å². The van der Waals surface area contributed by atoms with E-state index in [2.05, 4.69) is 11.9 Å². The van der Waals surface area contributed by atoms with Gasteiger partial charge in [-0.05, 0) is 62.5 Å². The summed E-state index contributed by atoms with van der Waals surface area (Å²) in [4.78, 5) is 27.7. The van der Waals surface area contributed by atoms with E-state index < -0.39 is 12.1 Å². The number of likely N-dealkylation sites (tertiary alicyclic amines) is 1. The summed E-state index contributed by atoms with van der Waals surface area (Å²) in [5.41, 5.74) is 2.06. The number of Topliss-reactive ketones (excluding diaryl/α,β-unsaturated/α-hetero) is 1. The third kappa shape index (κ3) is 1.91. The maximum Gasteiger partial charge on any atom is 0.379 e. The molecule has 144 valence electrons. The molecule has 4 aliphatic rings. The van der Waals surface area contributed by atoms with Gasteiger partial charge in [0.05, 0.1) is 6.26 Å². The Morgan fingerprint density at radius 3 is 3.04 bits per heavy atom. The molecule has 0 N–H and O–H groups in total.